The van der Waals surface area contributed by atoms with Crippen molar-refractivity contribution in [2.75, 3.05) is 82.2 Å². The molecule has 0 radical (unpaired) electrons. The number of benzene rings is 1. The number of unbranched alkanes of at least 4 members (excludes halogenated alkanes) is 2. The van der Waals surface area contributed by atoms with Crippen molar-refractivity contribution in [2.24, 2.45) is 5.92 Å². The summed E-state index contributed by atoms with van der Waals surface area (Å²) in [6, 6.07) is 12.8. The molecule has 0 saturated carbocycles. The molecule has 7 rings (SSSR count). The molecule has 17 nitrogen and oxygen atoms in total. The summed E-state index contributed by atoms with van der Waals surface area (Å²) in [6.45, 7) is 7.42. The Morgan fingerprint density at radius 2 is 1.67 bits per heavy atom. The van der Waals surface area contributed by atoms with Crippen molar-refractivity contribution in [3.8, 4) is 5.69 Å². The van der Waals surface area contributed by atoms with E-state index in [1.165, 1.54) is 5.56 Å². The fourth-order valence-corrected chi connectivity index (χ4v) is 11.0. The van der Waals surface area contributed by atoms with Gasteiger partial charge in [0.25, 0.3) is 0 Å². The van der Waals surface area contributed by atoms with Crippen molar-refractivity contribution in [3.63, 3.8) is 0 Å². The number of piperazine rings is 1. The molecule has 0 spiro atoms. The van der Waals surface area contributed by atoms with Gasteiger partial charge >= 0.3 is 12.7 Å². The predicted molar refractivity (Wildman–Crippen MR) is 261 cm³/mol. The summed E-state index contributed by atoms with van der Waals surface area (Å²) in [6.07, 6.45) is 8.99. The number of carboxylic acid groups (broad SMARTS) is 1. The van der Waals surface area contributed by atoms with Gasteiger partial charge in [-0.25, -0.2) is 9.67 Å². The number of aromatic nitrogens is 3. The molecule has 3 saturated heterocycles. The quantitative estimate of drug-likeness (QED) is 0.0659. The second-order valence-electron chi connectivity index (χ2n) is 18.9. The number of anilines is 2. The van der Waals surface area contributed by atoms with Gasteiger partial charge in [-0.05, 0) is 137 Å². The monoisotopic (exact) mass is 963 g/mol. The number of carbonyl (C=O) groups is 4. The van der Waals surface area contributed by atoms with Crippen LogP contribution in [-0.2, 0) is 48.4 Å². The van der Waals surface area contributed by atoms with E-state index in [1.807, 2.05) is 29.5 Å². The van der Waals surface area contributed by atoms with Crippen molar-refractivity contribution in [1.29, 1.82) is 0 Å². The molecule has 4 aliphatic heterocycles. The average Bonchev–Trinajstić information content (AvgIpc) is 4.05. The Morgan fingerprint density at radius 1 is 0.896 bits per heavy atom. The molecule has 2 aromatic heterocycles. The first-order valence-electron chi connectivity index (χ1n) is 24.3. The third kappa shape index (κ3) is 15.0. The summed E-state index contributed by atoms with van der Waals surface area (Å²) in [4.78, 5) is 82.7. The first kappa shape index (κ1) is 50.4. The minimum absolute atomic E-state index is 0.00337. The molecule has 6 heterocycles. The van der Waals surface area contributed by atoms with E-state index in [-0.39, 0.29) is 42.9 Å². The molecule has 3 fully saturated rings. The number of nitrogens with zero attached hydrogens (tertiary/aromatic N) is 7. The van der Waals surface area contributed by atoms with Crippen LogP contribution in [0.1, 0.15) is 111 Å². The lowest BCUT2D eigenvalue weighted by molar-refractivity contribution is -0.137. The van der Waals surface area contributed by atoms with Crippen molar-refractivity contribution in [1.82, 2.24) is 34.8 Å². The number of amides is 3. The van der Waals surface area contributed by atoms with Crippen LogP contribution in [0.2, 0.25) is 0 Å². The highest BCUT2D eigenvalue weighted by Gasteiger charge is 2.31. The second-order valence-corrected chi connectivity index (χ2v) is 21.6. The number of hydrogen-bond donors (Lipinski definition) is 5. The van der Waals surface area contributed by atoms with Crippen LogP contribution in [0.5, 0.6) is 0 Å². The number of pyridine rings is 1. The minimum atomic E-state index is -3.75. The van der Waals surface area contributed by atoms with Gasteiger partial charge in [0.2, 0.25) is 17.7 Å². The molecular formula is C48H70N9O8PS. The van der Waals surface area contributed by atoms with E-state index in [0.717, 1.165) is 104 Å². The summed E-state index contributed by atoms with van der Waals surface area (Å²) in [5.41, 5.74) is 7.18. The number of aliphatic carboxylic acids is 1. The van der Waals surface area contributed by atoms with Gasteiger partial charge in [-0.3, -0.25) is 19.2 Å². The number of fused-ring (bicyclic) bond motifs is 1. The van der Waals surface area contributed by atoms with Gasteiger partial charge in [0.05, 0.1) is 23.9 Å². The molecule has 19 heteroatoms. The number of hydrogen-bond acceptors (Lipinski definition) is 11. The smallest absolute Gasteiger partial charge is 0.322 e. The molecule has 0 unspecified atom stereocenters. The molecule has 5 N–H and O–H groups in total. The van der Waals surface area contributed by atoms with Crippen LogP contribution in [0.3, 0.4) is 0 Å². The van der Waals surface area contributed by atoms with E-state index in [9.17, 15) is 34.1 Å². The van der Waals surface area contributed by atoms with Crippen LogP contribution < -0.4 is 15.5 Å². The zero-order chi connectivity index (χ0) is 47.5. The molecular weight excluding hydrogens is 894 g/mol. The second kappa shape index (κ2) is 23.7. The normalized spacial score (nSPS) is 19.3. The maximum Gasteiger partial charge on any atom is 0.322 e. The van der Waals surface area contributed by atoms with E-state index in [4.69, 9.17) is 14.6 Å². The van der Waals surface area contributed by atoms with E-state index in [2.05, 4.69) is 62.6 Å². The van der Waals surface area contributed by atoms with Crippen LogP contribution in [0.25, 0.3) is 5.69 Å². The largest absolute Gasteiger partial charge is 0.481 e. The zero-order valence-corrected chi connectivity index (χ0v) is 41.0. The summed E-state index contributed by atoms with van der Waals surface area (Å²) >= 11 is 4.53. The zero-order valence-electron chi connectivity index (χ0n) is 39.2. The molecule has 1 aromatic carbocycles. The number of carbonyl (C=O) groups excluding carboxylic acids is 3. The van der Waals surface area contributed by atoms with Gasteiger partial charge in [-0.2, -0.15) is 5.10 Å². The van der Waals surface area contributed by atoms with Crippen LogP contribution >= 0.6 is 6.72 Å². The molecule has 3 aromatic rings. The van der Waals surface area contributed by atoms with Crippen LogP contribution in [0, 0.1) is 19.8 Å². The van der Waals surface area contributed by atoms with Crippen molar-refractivity contribution >= 4 is 53.7 Å². The van der Waals surface area contributed by atoms with Crippen molar-refractivity contribution in [3.05, 3.63) is 64.6 Å². The summed E-state index contributed by atoms with van der Waals surface area (Å²) in [5.74, 6) is 0.458. The third-order valence-corrected chi connectivity index (χ3v) is 14.5. The first-order valence-corrected chi connectivity index (χ1v) is 26.9. The number of carboxylic acids is 1. The number of nitrogens with one attached hydrogen (secondary N) is 2. The lowest BCUT2D eigenvalue weighted by Crippen LogP contribution is -2.48. The number of likely N-dealkylation sites (tertiary alicyclic amines) is 2. The summed E-state index contributed by atoms with van der Waals surface area (Å²) in [5, 5.41) is 21.4. The van der Waals surface area contributed by atoms with E-state index >= 15 is 0 Å². The Kier molecular flexibility index (Phi) is 17.8. The molecule has 0 bridgehead atoms. The molecule has 0 aliphatic carbocycles. The van der Waals surface area contributed by atoms with Crippen molar-refractivity contribution in [2.45, 2.75) is 116 Å². The first-order chi connectivity index (χ1) is 32.2. The predicted octanol–water partition coefficient (Wildman–Crippen LogP) is 5.08. The molecule has 3 atom stereocenters. The lowest BCUT2D eigenvalue weighted by Gasteiger charge is -2.37. The molecule has 3 amide bonds. The van der Waals surface area contributed by atoms with E-state index in [0.29, 0.717) is 84.0 Å². The Bertz CT molecular complexity index is 2250. The fourth-order valence-electron chi connectivity index (χ4n) is 10.1. The standard InChI is InChI=1S/C48H70N9O8PS/c1-34-26-35(2)57(52-34)42-28-38(39(29-47(61)62)32-53-20-16-36(31-53)12-14-40-15-13-37-8-7-19-50-48(37)51-40)27-41(30-42)54-22-24-55(25-23-54)45(59)11-6-9-44(58)49-18-5-3-4-10-46(60)56-21-17-43(33-56)65-66(63,64)67/h13,15,26-28,30,36,39,43H,3-12,14,16-25,29,31-33H2,1-2H3,(H,49,58)(H,50,51)(H,61,62)(H2,63,64,67)/t36-,39-,43+/m1/s1. The van der Waals surface area contributed by atoms with Gasteiger partial charge in [0.1, 0.15) is 5.82 Å². The number of aryl methyl sites for hydroxylation is 4. The highest BCUT2D eigenvalue weighted by atomic mass is 32.5. The van der Waals surface area contributed by atoms with E-state index in [1.54, 1.807) is 4.90 Å². The molecule has 366 valence electrons. The highest BCUT2D eigenvalue weighted by Crippen LogP contribution is 2.40. The van der Waals surface area contributed by atoms with Crippen LogP contribution in [-0.4, -0.2) is 146 Å². The number of rotatable bonds is 22. The Morgan fingerprint density at radius 3 is 2.43 bits per heavy atom. The van der Waals surface area contributed by atoms with Gasteiger partial charge < -0.3 is 49.7 Å². The van der Waals surface area contributed by atoms with Gasteiger partial charge in [-0.1, -0.05) is 12.5 Å². The van der Waals surface area contributed by atoms with E-state index < -0.39 is 18.8 Å². The molecule has 67 heavy (non-hydrogen) atoms. The Hall–Kier alpha value is -4.45. The average molecular weight is 964 g/mol. The summed E-state index contributed by atoms with van der Waals surface area (Å²) in [7, 11) is 0. The maximum absolute atomic E-state index is 13.3. The summed E-state index contributed by atoms with van der Waals surface area (Å²) < 4.78 is 7.02. The maximum atomic E-state index is 13.3. The topological polar surface area (TPSA) is 206 Å². The Balaban J connectivity index is 0.861. The van der Waals surface area contributed by atoms with Crippen LogP contribution in [0.4, 0.5) is 11.5 Å². The Labute approximate surface area is 399 Å². The van der Waals surface area contributed by atoms with Gasteiger partial charge in [-0.15, -0.1) is 0 Å². The van der Waals surface area contributed by atoms with Gasteiger partial charge in [0.15, 0.2) is 0 Å². The SMILES string of the molecule is Cc1cc(C)n(-c2cc([C@H](CC(=O)O)CN3CC[C@@H](CCc4ccc5c(n4)NCCC5)C3)cc(N3CCN(C(=O)CCCC(=O)NCCCCCC(=O)N4CC[C@H](OP(O)(O)=S)C4)CC3)c2)n1. The highest BCUT2D eigenvalue weighted by molar-refractivity contribution is 8.06. The molecule has 4 aliphatic rings. The fraction of sp³-hybridized carbons (Fsp3) is 0.625. The van der Waals surface area contributed by atoms with Crippen molar-refractivity contribution < 1.29 is 38.6 Å². The van der Waals surface area contributed by atoms with Gasteiger partial charge in [0, 0.05) is 108 Å². The lowest BCUT2D eigenvalue weighted by atomic mass is 9.93. The minimum Gasteiger partial charge on any atom is -0.481 e. The van der Waals surface area contributed by atoms with Crippen LogP contribution in [0.15, 0.2) is 36.4 Å². The third-order valence-electron chi connectivity index (χ3n) is 13.6.